The number of para-hydroxylation sites is 1. The van der Waals surface area contributed by atoms with E-state index in [1.807, 2.05) is 30.3 Å². The highest BCUT2D eigenvalue weighted by atomic mass is 16.5. The number of hydrogen-bond acceptors (Lipinski definition) is 6. The van der Waals surface area contributed by atoms with Crippen LogP contribution >= 0.6 is 0 Å². The third kappa shape index (κ3) is 2.17. The van der Waals surface area contributed by atoms with Crippen molar-refractivity contribution in [2.75, 3.05) is 12.4 Å². The van der Waals surface area contributed by atoms with Crippen LogP contribution in [0.15, 0.2) is 34.7 Å². The molecule has 0 bridgehead atoms. The Hall–Kier alpha value is -2.37. The molecule has 16 heavy (non-hydrogen) atoms. The van der Waals surface area contributed by atoms with Crippen molar-refractivity contribution in [2.24, 2.45) is 0 Å². The molecule has 2 rings (SSSR count). The van der Waals surface area contributed by atoms with E-state index in [-0.39, 0.29) is 11.9 Å². The van der Waals surface area contributed by atoms with E-state index in [0.717, 1.165) is 5.69 Å². The van der Waals surface area contributed by atoms with Gasteiger partial charge in [-0.15, -0.1) is 0 Å². The van der Waals surface area contributed by atoms with Gasteiger partial charge in [0.15, 0.2) is 0 Å². The largest absolute Gasteiger partial charge is 0.462 e. The molecule has 0 amide bonds. The molecule has 0 fully saturated rings. The lowest BCUT2D eigenvalue weighted by Crippen LogP contribution is -2.00. The van der Waals surface area contributed by atoms with E-state index in [2.05, 4.69) is 20.3 Å². The van der Waals surface area contributed by atoms with Gasteiger partial charge in [-0.2, -0.15) is 0 Å². The molecule has 6 nitrogen and oxygen atoms in total. The summed E-state index contributed by atoms with van der Waals surface area (Å²) in [5, 5.41) is 10.0. The summed E-state index contributed by atoms with van der Waals surface area (Å²) in [5.41, 5.74) is 0.794. The van der Waals surface area contributed by atoms with Gasteiger partial charge >= 0.3 is 17.9 Å². The molecule has 1 aromatic carbocycles. The van der Waals surface area contributed by atoms with Gasteiger partial charge in [0.25, 0.3) is 0 Å². The number of carbonyl (C=O) groups is 1. The third-order valence-electron chi connectivity index (χ3n) is 1.81. The van der Waals surface area contributed by atoms with Crippen molar-refractivity contribution in [3.05, 3.63) is 36.2 Å². The van der Waals surface area contributed by atoms with Gasteiger partial charge in [0, 0.05) is 5.69 Å². The zero-order valence-electron chi connectivity index (χ0n) is 8.51. The first kappa shape index (κ1) is 10.2. The van der Waals surface area contributed by atoms with Crippen molar-refractivity contribution in [2.45, 2.75) is 0 Å². The summed E-state index contributed by atoms with van der Waals surface area (Å²) in [7, 11) is 1.25. The Morgan fingerprint density at radius 2 is 2.06 bits per heavy atom. The Morgan fingerprint density at radius 3 is 2.75 bits per heavy atom. The van der Waals surface area contributed by atoms with Gasteiger partial charge in [-0.1, -0.05) is 28.4 Å². The number of carbonyl (C=O) groups excluding carboxylic acids is 1. The van der Waals surface area contributed by atoms with Crippen molar-refractivity contribution in [3.8, 4) is 0 Å². The summed E-state index contributed by atoms with van der Waals surface area (Å²) in [6.45, 7) is 0. The van der Waals surface area contributed by atoms with E-state index in [1.54, 1.807) is 0 Å². The molecule has 1 aromatic heterocycles. The van der Waals surface area contributed by atoms with Crippen LogP contribution in [0.2, 0.25) is 0 Å². The van der Waals surface area contributed by atoms with Gasteiger partial charge in [-0.3, -0.25) is 0 Å². The van der Waals surface area contributed by atoms with E-state index >= 15 is 0 Å². The van der Waals surface area contributed by atoms with Crippen molar-refractivity contribution in [1.82, 2.24) is 10.2 Å². The number of methoxy groups -OCH3 is 1. The van der Waals surface area contributed by atoms with Crippen LogP contribution < -0.4 is 5.32 Å². The first-order valence-electron chi connectivity index (χ1n) is 4.53. The van der Waals surface area contributed by atoms with Gasteiger partial charge in [-0.25, -0.2) is 4.79 Å². The molecular formula is C10H9N3O3. The van der Waals surface area contributed by atoms with Crippen LogP contribution in [0.3, 0.4) is 0 Å². The zero-order chi connectivity index (χ0) is 11.4. The monoisotopic (exact) mass is 219 g/mol. The molecule has 0 saturated heterocycles. The third-order valence-corrected chi connectivity index (χ3v) is 1.81. The molecule has 0 spiro atoms. The second kappa shape index (κ2) is 4.43. The molecule has 0 radical (unpaired) electrons. The number of ether oxygens (including phenoxy) is 1. The van der Waals surface area contributed by atoms with Crippen molar-refractivity contribution < 1.29 is 13.9 Å². The second-order valence-corrected chi connectivity index (χ2v) is 2.89. The topological polar surface area (TPSA) is 77.2 Å². The maximum Gasteiger partial charge on any atom is 0.396 e. The number of hydrogen-bond donors (Lipinski definition) is 1. The molecule has 0 unspecified atom stereocenters. The SMILES string of the molecule is COC(=O)c1nnc(Nc2ccccc2)o1. The summed E-state index contributed by atoms with van der Waals surface area (Å²) in [5.74, 6) is -0.838. The molecular weight excluding hydrogens is 210 g/mol. The van der Waals surface area contributed by atoms with Gasteiger partial charge < -0.3 is 14.5 Å². The first-order valence-corrected chi connectivity index (χ1v) is 4.53. The maximum atomic E-state index is 11.0. The number of aromatic nitrogens is 2. The maximum absolute atomic E-state index is 11.0. The van der Waals surface area contributed by atoms with Crippen LogP contribution in [0, 0.1) is 0 Å². The normalized spacial score (nSPS) is 9.81. The standard InChI is InChI=1S/C10H9N3O3/c1-15-9(14)8-12-13-10(16-8)11-7-5-3-2-4-6-7/h2-6H,1H3,(H,11,13). The smallest absolute Gasteiger partial charge is 0.396 e. The molecule has 0 aliphatic rings. The minimum absolute atomic E-state index is 0.145. The Labute approximate surface area is 91.2 Å². The fourth-order valence-electron chi connectivity index (χ4n) is 1.09. The van der Waals surface area contributed by atoms with Crippen LogP contribution in [0.25, 0.3) is 0 Å². The summed E-state index contributed by atoms with van der Waals surface area (Å²) in [4.78, 5) is 11.0. The van der Waals surface area contributed by atoms with E-state index in [1.165, 1.54) is 7.11 Å². The van der Waals surface area contributed by atoms with Crippen LogP contribution in [0.5, 0.6) is 0 Å². The highest BCUT2D eigenvalue weighted by Gasteiger charge is 2.14. The highest BCUT2D eigenvalue weighted by Crippen LogP contribution is 2.14. The zero-order valence-corrected chi connectivity index (χ0v) is 8.51. The van der Waals surface area contributed by atoms with E-state index in [0.29, 0.717) is 0 Å². The Bertz CT molecular complexity index is 481. The summed E-state index contributed by atoms with van der Waals surface area (Å²) in [6, 6.07) is 9.43. The Kier molecular flexibility index (Phi) is 2.81. The molecule has 1 N–H and O–H groups in total. The summed E-state index contributed by atoms with van der Waals surface area (Å²) >= 11 is 0. The molecule has 0 aliphatic heterocycles. The van der Waals surface area contributed by atoms with Crippen molar-refractivity contribution in [1.29, 1.82) is 0 Å². The lowest BCUT2D eigenvalue weighted by molar-refractivity contribution is 0.0557. The van der Waals surface area contributed by atoms with Crippen LogP contribution in [-0.4, -0.2) is 23.3 Å². The number of nitrogens with one attached hydrogen (secondary N) is 1. The fourth-order valence-corrected chi connectivity index (χ4v) is 1.09. The number of rotatable bonds is 3. The lowest BCUT2D eigenvalue weighted by Gasteiger charge is -1.98. The molecule has 1 heterocycles. The number of anilines is 2. The highest BCUT2D eigenvalue weighted by molar-refractivity contribution is 5.84. The van der Waals surface area contributed by atoms with E-state index < -0.39 is 5.97 Å². The van der Waals surface area contributed by atoms with Crippen molar-refractivity contribution in [3.63, 3.8) is 0 Å². The Morgan fingerprint density at radius 1 is 1.31 bits per heavy atom. The van der Waals surface area contributed by atoms with E-state index in [9.17, 15) is 4.79 Å². The van der Waals surface area contributed by atoms with Gasteiger partial charge in [0.05, 0.1) is 7.11 Å². The Balaban J connectivity index is 2.12. The molecule has 2 aromatic rings. The number of esters is 1. The van der Waals surface area contributed by atoms with Crippen LogP contribution in [-0.2, 0) is 4.74 Å². The van der Waals surface area contributed by atoms with Crippen molar-refractivity contribution >= 4 is 17.7 Å². The molecule has 0 aliphatic carbocycles. The summed E-state index contributed by atoms with van der Waals surface area (Å²) in [6.07, 6.45) is 0. The quantitative estimate of drug-likeness (QED) is 0.790. The first-order chi connectivity index (χ1) is 7.79. The fraction of sp³-hybridized carbons (Fsp3) is 0.100. The average molecular weight is 219 g/mol. The average Bonchev–Trinajstić information content (AvgIpc) is 2.78. The molecule has 82 valence electrons. The van der Waals surface area contributed by atoms with Gasteiger partial charge in [-0.05, 0) is 12.1 Å². The van der Waals surface area contributed by atoms with Gasteiger partial charge in [0.1, 0.15) is 0 Å². The van der Waals surface area contributed by atoms with Gasteiger partial charge in [0.2, 0.25) is 0 Å². The predicted octanol–water partition coefficient (Wildman–Crippen LogP) is 1.60. The van der Waals surface area contributed by atoms with E-state index in [4.69, 9.17) is 4.42 Å². The minimum Gasteiger partial charge on any atom is -0.462 e. The lowest BCUT2D eigenvalue weighted by atomic mass is 10.3. The summed E-state index contributed by atoms with van der Waals surface area (Å²) < 4.78 is 9.47. The number of nitrogens with zero attached hydrogens (tertiary/aromatic N) is 2. The van der Waals surface area contributed by atoms with Crippen LogP contribution in [0.1, 0.15) is 10.7 Å². The molecule has 6 heteroatoms. The minimum atomic E-state index is -0.659. The molecule has 0 saturated carbocycles. The number of benzene rings is 1. The molecule has 0 atom stereocenters. The predicted molar refractivity (Wildman–Crippen MR) is 55.4 cm³/mol. The van der Waals surface area contributed by atoms with Crippen LogP contribution in [0.4, 0.5) is 11.7 Å². The second-order valence-electron chi connectivity index (χ2n) is 2.89.